The molecule has 1 amide bonds. The first-order valence-electron chi connectivity index (χ1n) is 7.19. The van der Waals surface area contributed by atoms with Crippen LogP contribution in [0, 0.1) is 0 Å². The maximum atomic E-state index is 12.9. The van der Waals surface area contributed by atoms with Crippen molar-refractivity contribution in [2.45, 2.75) is 37.5 Å². The molecular weight excluding hydrogens is 290 g/mol. The minimum atomic E-state index is -0.993. The molecule has 1 N–H and O–H groups in total. The largest absolute Gasteiger partial charge is 0.480 e. The van der Waals surface area contributed by atoms with Gasteiger partial charge >= 0.3 is 5.97 Å². The van der Waals surface area contributed by atoms with E-state index in [0.29, 0.717) is 5.02 Å². The molecule has 1 aliphatic rings. The molecule has 0 radical (unpaired) electrons. The van der Waals surface area contributed by atoms with Crippen LogP contribution in [0.5, 0.6) is 0 Å². The zero-order valence-corrected chi connectivity index (χ0v) is 12.9. The van der Waals surface area contributed by atoms with Gasteiger partial charge in [-0.2, -0.15) is 0 Å². The standard InChI is InChI=1S/C16H20ClNO3/c1-18(11-14(19)20)15(21)16(9-3-2-4-10-16)12-5-7-13(17)8-6-12/h5-8H,2-4,9-11H2,1H3,(H,19,20). The van der Waals surface area contributed by atoms with Gasteiger partial charge < -0.3 is 10.0 Å². The Morgan fingerprint density at radius 1 is 1.19 bits per heavy atom. The molecule has 0 saturated heterocycles. The summed E-state index contributed by atoms with van der Waals surface area (Å²) in [6, 6.07) is 7.36. The van der Waals surface area contributed by atoms with Crippen LogP contribution >= 0.6 is 11.6 Å². The van der Waals surface area contributed by atoms with E-state index in [1.54, 1.807) is 19.2 Å². The number of likely N-dealkylation sites (N-methyl/N-ethyl adjacent to an activating group) is 1. The monoisotopic (exact) mass is 309 g/mol. The van der Waals surface area contributed by atoms with Crippen LogP contribution in [0.15, 0.2) is 24.3 Å². The van der Waals surface area contributed by atoms with E-state index in [2.05, 4.69) is 0 Å². The van der Waals surface area contributed by atoms with E-state index in [0.717, 1.165) is 37.7 Å². The van der Waals surface area contributed by atoms with Gasteiger partial charge in [0, 0.05) is 12.1 Å². The van der Waals surface area contributed by atoms with Gasteiger partial charge in [-0.15, -0.1) is 0 Å². The van der Waals surface area contributed by atoms with Crippen molar-refractivity contribution >= 4 is 23.5 Å². The first-order valence-corrected chi connectivity index (χ1v) is 7.57. The number of aliphatic carboxylic acids is 1. The lowest BCUT2D eigenvalue weighted by Crippen LogP contribution is -2.48. The summed E-state index contributed by atoms with van der Waals surface area (Å²) in [6.45, 7) is -0.270. The Hall–Kier alpha value is -1.55. The van der Waals surface area contributed by atoms with Gasteiger partial charge in [-0.3, -0.25) is 9.59 Å². The van der Waals surface area contributed by atoms with E-state index in [-0.39, 0.29) is 12.5 Å². The van der Waals surface area contributed by atoms with Gasteiger partial charge in [0.05, 0.1) is 5.41 Å². The quantitative estimate of drug-likeness (QED) is 0.930. The van der Waals surface area contributed by atoms with Crippen molar-refractivity contribution in [1.29, 1.82) is 0 Å². The van der Waals surface area contributed by atoms with Crippen LogP contribution in [0.25, 0.3) is 0 Å². The highest BCUT2D eigenvalue weighted by molar-refractivity contribution is 6.30. The molecule has 0 bridgehead atoms. The third kappa shape index (κ3) is 3.38. The minimum Gasteiger partial charge on any atom is -0.480 e. The number of carboxylic acids is 1. The summed E-state index contributed by atoms with van der Waals surface area (Å²) in [6.07, 6.45) is 4.60. The van der Waals surface area contributed by atoms with Crippen molar-refractivity contribution in [3.8, 4) is 0 Å². The van der Waals surface area contributed by atoms with Crippen molar-refractivity contribution in [3.63, 3.8) is 0 Å². The predicted octanol–water partition coefficient (Wildman–Crippen LogP) is 3.08. The highest BCUT2D eigenvalue weighted by Gasteiger charge is 2.42. The van der Waals surface area contributed by atoms with Crippen LogP contribution in [0.3, 0.4) is 0 Å². The van der Waals surface area contributed by atoms with E-state index < -0.39 is 11.4 Å². The van der Waals surface area contributed by atoms with Crippen molar-refractivity contribution < 1.29 is 14.7 Å². The maximum Gasteiger partial charge on any atom is 0.323 e. The molecule has 21 heavy (non-hydrogen) atoms. The molecule has 0 aliphatic heterocycles. The van der Waals surface area contributed by atoms with Gasteiger partial charge in [-0.1, -0.05) is 43.0 Å². The van der Waals surface area contributed by atoms with Gasteiger partial charge in [0.25, 0.3) is 0 Å². The number of halogens is 1. The first-order chi connectivity index (χ1) is 9.95. The van der Waals surface area contributed by atoms with Crippen LogP contribution in [0.4, 0.5) is 0 Å². The van der Waals surface area contributed by atoms with Crippen molar-refractivity contribution in [3.05, 3.63) is 34.9 Å². The van der Waals surface area contributed by atoms with Crippen LogP contribution in [0.1, 0.15) is 37.7 Å². The van der Waals surface area contributed by atoms with Crippen molar-refractivity contribution in [2.75, 3.05) is 13.6 Å². The average molecular weight is 310 g/mol. The molecule has 4 nitrogen and oxygen atoms in total. The van der Waals surface area contributed by atoms with E-state index in [4.69, 9.17) is 16.7 Å². The number of nitrogens with zero attached hydrogens (tertiary/aromatic N) is 1. The molecule has 1 aliphatic carbocycles. The second-order valence-corrected chi connectivity index (χ2v) is 6.14. The van der Waals surface area contributed by atoms with Crippen LogP contribution in [-0.2, 0) is 15.0 Å². The summed E-state index contributed by atoms with van der Waals surface area (Å²) in [4.78, 5) is 25.1. The molecular formula is C16H20ClNO3. The van der Waals surface area contributed by atoms with Gasteiger partial charge in [0.2, 0.25) is 5.91 Å². The van der Waals surface area contributed by atoms with Gasteiger partial charge in [0.1, 0.15) is 6.54 Å². The molecule has 0 unspecified atom stereocenters. The van der Waals surface area contributed by atoms with Crippen LogP contribution < -0.4 is 0 Å². The van der Waals surface area contributed by atoms with Crippen LogP contribution in [-0.4, -0.2) is 35.5 Å². The normalized spacial score (nSPS) is 17.2. The highest BCUT2D eigenvalue weighted by Crippen LogP contribution is 2.41. The SMILES string of the molecule is CN(CC(=O)O)C(=O)C1(c2ccc(Cl)cc2)CCCCC1. The number of hydrogen-bond donors (Lipinski definition) is 1. The molecule has 0 aromatic heterocycles. The lowest BCUT2D eigenvalue weighted by molar-refractivity contribution is -0.146. The fourth-order valence-corrected chi connectivity index (χ4v) is 3.32. The Morgan fingerprint density at radius 2 is 1.76 bits per heavy atom. The van der Waals surface area contributed by atoms with Gasteiger partial charge in [-0.25, -0.2) is 0 Å². The summed E-state index contributed by atoms with van der Waals surface area (Å²) in [5.74, 6) is -1.10. The van der Waals surface area contributed by atoms with E-state index in [1.807, 2.05) is 12.1 Å². The van der Waals surface area contributed by atoms with Crippen LogP contribution in [0.2, 0.25) is 5.02 Å². The Bertz CT molecular complexity index is 521. The number of amides is 1. The molecule has 1 aromatic carbocycles. The van der Waals surface area contributed by atoms with E-state index >= 15 is 0 Å². The molecule has 1 saturated carbocycles. The van der Waals surface area contributed by atoms with Crippen molar-refractivity contribution in [1.82, 2.24) is 4.90 Å². The molecule has 2 rings (SSSR count). The Morgan fingerprint density at radius 3 is 2.29 bits per heavy atom. The minimum absolute atomic E-state index is 0.105. The fraction of sp³-hybridized carbons (Fsp3) is 0.500. The lowest BCUT2D eigenvalue weighted by atomic mass is 9.68. The second kappa shape index (κ2) is 6.48. The molecule has 1 fully saturated rings. The number of hydrogen-bond acceptors (Lipinski definition) is 2. The molecule has 5 heteroatoms. The molecule has 0 spiro atoms. The Kier molecular flexibility index (Phi) is 4.88. The number of rotatable bonds is 4. The summed E-state index contributed by atoms with van der Waals surface area (Å²) in [5, 5.41) is 9.55. The van der Waals surface area contributed by atoms with Gasteiger partial charge in [-0.05, 0) is 30.5 Å². The summed E-state index contributed by atoms with van der Waals surface area (Å²) in [5.41, 5.74) is 0.335. The van der Waals surface area contributed by atoms with Crippen molar-refractivity contribution in [2.24, 2.45) is 0 Å². The highest BCUT2D eigenvalue weighted by atomic mass is 35.5. The molecule has 0 atom stereocenters. The smallest absolute Gasteiger partial charge is 0.323 e. The third-order valence-corrected chi connectivity index (χ3v) is 4.48. The van der Waals surface area contributed by atoms with E-state index in [1.165, 1.54) is 4.90 Å². The third-order valence-electron chi connectivity index (χ3n) is 4.23. The molecule has 0 heterocycles. The summed E-state index contributed by atoms with van der Waals surface area (Å²) < 4.78 is 0. The number of carbonyl (C=O) groups is 2. The molecule has 114 valence electrons. The zero-order valence-electron chi connectivity index (χ0n) is 12.1. The Labute approximate surface area is 129 Å². The second-order valence-electron chi connectivity index (χ2n) is 5.70. The first kappa shape index (κ1) is 15.8. The number of benzene rings is 1. The Balaban J connectivity index is 2.34. The number of carbonyl (C=O) groups excluding carboxylic acids is 1. The van der Waals surface area contributed by atoms with E-state index in [9.17, 15) is 9.59 Å². The van der Waals surface area contributed by atoms with Gasteiger partial charge in [0.15, 0.2) is 0 Å². The molecule has 1 aromatic rings. The summed E-state index contributed by atoms with van der Waals surface area (Å²) >= 11 is 5.93. The predicted molar refractivity (Wildman–Crippen MR) is 81.5 cm³/mol. The summed E-state index contributed by atoms with van der Waals surface area (Å²) in [7, 11) is 1.56. The zero-order chi connectivity index (χ0) is 15.5. The maximum absolute atomic E-state index is 12.9. The lowest BCUT2D eigenvalue weighted by Gasteiger charge is -2.39. The fourth-order valence-electron chi connectivity index (χ4n) is 3.19. The number of carboxylic acid groups (broad SMARTS) is 1. The topological polar surface area (TPSA) is 57.6 Å². The average Bonchev–Trinajstić information content (AvgIpc) is 2.47.